The summed E-state index contributed by atoms with van der Waals surface area (Å²) in [5.74, 6) is 1.01. The van der Waals surface area contributed by atoms with Crippen molar-refractivity contribution in [1.82, 2.24) is 10.2 Å². The summed E-state index contributed by atoms with van der Waals surface area (Å²) in [6, 6.07) is 1.49. The predicted molar refractivity (Wildman–Crippen MR) is 85.7 cm³/mol. The molecule has 2 heteroatoms. The fourth-order valence-electron chi connectivity index (χ4n) is 3.04. The Balaban J connectivity index is 2.03. The van der Waals surface area contributed by atoms with Crippen LogP contribution in [0.1, 0.15) is 72.1 Å². The molecule has 0 saturated heterocycles. The van der Waals surface area contributed by atoms with E-state index in [2.05, 4.69) is 38.0 Å². The fraction of sp³-hybridized carbons (Fsp3) is 1.00. The highest BCUT2D eigenvalue weighted by molar-refractivity contribution is 4.74. The van der Waals surface area contributed by atoms with E-state index in [0.29, 0.717) is 6.04 Å². The molecule has 114 valence electrons. The first-order valence-corrected chi connectivity index (χ1v) is 8.57. The molecule has 0 amide bonds. The van der Waals surface area contributed by atoms with Crippen LogP contribution in [0.5, 0.6) is 0 Å². The number of nitrogens with zero attached hydrogens (tertiary/aromatic N) is 1. The molecule has 1 saturated carbocycles. The molecule has 0 aromatic heterocycles. The molecule has 0 aromatic rings. The van der Waals surface area contributed by atoms with Crippen molar-refractivity contribution in [1.29, 1.82) is 0 Å². The van der Waals surface area contributed by atoms with Crippen molar-refractivity contribution in [2.45, 2.75) is 84.2 Å². The highest BCUT2D eigenvalue weighted by atomic mass is 15.1. The molecule has 1 aliphatic carbocycles. The Hall–Kier alpha value is -0.0800. The molecule has 2 unspecified atom stereocenters. The SMILES string of the molecule is CCC1CCCC(NCCCCN(C)C(C)C)CC1. The second-order valence-corrected chi connectivity index (χ2v) is 6.72. The summed E-state index contributed by atoms with van der Waals surface area (Å²) in [6.45, 7) is 9.35. The van der Waals surface area contributed by atoms with Crippen molar-refractivity contribution in [3.8, 4) is 0 Å². The van der Waals surface area contributed by atoms with Gasteiger partial charge in [0, 0.05) is 12.1 Å². The molecule has 1 N–H and O–H groups in total. The standard InChI is InChI=1S/C17H36N2/c1-5-16-9-8-10-17(12-11-16)18-13-6-7-14-19(4)15(2)3/h15-18H,5-14H2,1-4H3. The van der Waals surface area contributed by atoms with Crippen LogP contribution in [-0.2, 0) is 0 Å². The van der Waals surface area contributed by atoms with Crippen LogP contribution in [0, 0.1) is 5.92 Å². The minimum Gasteiger partial charge on any atom is -0.314 e. The second kappa shape index (κ2) is 9.77. The van der Waals surface area contributed by atoms with Gasteiger partial charge in [-0.05, 0) is 72.0 Å². The van der Waals surface area contributed by atoms with E-state index in [1.807, 2.05) is 0 Å². The number of rotatable bonds is 8. The highest BCUT2D eigenvalue weighted by Gasteiger charge is 2.16. The van der Waals surface area contributed by atoms with Crippen LogP contribution in [0.25, 0.3) is 0 Å². The lowest BCUT2D eigenvalue weighted by molar-refractivity contribution is 0.267. The van der Waals surface area contributed by atoms with Crippen molar-refractivity contribution >= 4 is 0 Å². The lowest BCUT2D eigenvalue weighted by Crippen LogP contribution is -2.31. The molecule has 0 aliphatic heterocycles. The van der Waals surface area contributed by atoms with Gasteiger partial charge in [0.05, 0.1) is 0 Å². The molecule has 2 nitrogen and oxygen atoms in total. The Bertz CT molecular complexity index is 215. The van der Waals surface area contributed by atoms with Crippen molar-refractivity contribution in [2.75, 3.05) is 20.1 Å². The highest BCUT2D eigenvalue weighted by Crippen LogP contribution is 2.25. The summed E-state index contributed by atoms with van der Waals surface area (Å²) in [5.41, 5.74) is 0. The first kappa shape index (κ1) is 17.0. The minimum absolute atomic E-state index is 0.681. The van der Waals surface area contributed by atoms with Crippen molar-refractivity contribution in [2.24, 2.45) is 5.92 Å². The van der Waals surface area contributed by atoms with Crippen molar-refractivity contribution in [3.05, 3.63) is 0 Å². The zero-order chi connectivity index (χ0) is 14.1. The van der Waals surface area contributed by atoms with Gasteiger partial charge in [-0.2, -0.15) is 0 Å². The molecule has 0 heterocycles. The summed E-state index contributed by atoms with van der Waals surface area (Å²) in [5, 5.41) is 3.79. The third kappa shape index (κ3) is 7.31. The van der Waals surface area contributed by atoms with Gasteiger partial charge in [-0.15, -0.1) is 0 Å². The van der Waals surface area contributed by atoms with E-state index in [1.165, 1.54) is 64.5 Å². The number of unbranched alkanes of at least 4 members (excludes halogenated alkanes) is 1. The molecule has 1 rings (SSSR count). The Morgan fingerprint density at radius 3 is 2.58 bits per heavy atom. The average molecular weight is 268 g/mol. The lowest BCUT2D eigenvalue weighted by Gasteiger charge is -2.21. The van der Waals surface area contributed by atoms with E-state index >= 15 is 0 Å². The number of hydrogen-bond acceptors (Lipinski definition) is 2. The van der Waals surface area contributed by atoms with Gasteiger partial charge in [0.25, 0.3) is 0 Å². The normalized spacial score (nSPS) is 24.9. The van der Waals surface area contributed by atoms with Gasteiger partial charge in [0.15, 0.2) is 0 Å². The lowest BCUT2D eigenvalue weighted by atomic mass is 9.98. The Kier molecular flexibility index (Phi) is 8.72. The molecule has 1 aliphatic rings. The summed E-state index contributed by atoms with van der Waals surface area (Å²) < 4.78 is 0. The van der Waals surface area contributed by atoms with Gasteiger partial charge >= 0.3 is 0 Å². The third-order valence-electron chi connectivity index (χ3n) is 4.92. The summed E-state index contributed by atoms with van der Waals surface area (Å²) >= 11 is 0. The van der Waals surface area contributed by atoms with E-state index in [-0.39, 0.29) is 0 Å². The maximum atomic E-state index is 3.79. The van der Waals surface area contributed by atoms with Crippen LogP contribution in [0.4, 0.5) is 0 Å². The maximum Gasteiger partial charge on any atom is 0.00671 e. The van der Waals surface area contributed by atoms with Crippen LogP contribution in [-0.4, -0.2) is 37.1 Å². The molecule has 0 bridgehead atoms. The van der Waals surface area contributed by atoms with Gasteiger partial charge in [-0.3, -0.25) is 0 Å². The van der Waals surface area contributed by atoms with E-state index < -0.39 is 0 Å². The van der Waals surface area contributed by atoms with E-state index in [4.69, 9.17) is 0 Å². The van der Waals surface area contributed by atoms with E-state index in [0.717, 1.165) is 12.0 Å². The van der Waals surface area contributed by atoms with E-state index in [9.17, 15) is 0 Å². The summed E-state index contributed by atoms with van der Waals surface area (Å²) in [7, 11) is 2.23. The molecule has 0 aromatic carbocycles. The molecule has 0 spiro atoms. The van der Waals surface area contributed by atoms with Crippen LogP contribution < -0.4 is 5.32 Å². The quantitative estimate of drug-likeness (QED) is 0.527. The summed E-state index contributed by atoms with van der Waals surface area (Å²) in [6.07, 6.45) is 11.2. The largest absolute Gasteiger partial charge is 0.314 e. The van der Waals surface area contributed by atoms with Gasteiger partial charge < -0.3 is 10.2 Å². The van der Waals surface area contributed by atoms with Crippen LogP contribution in [0.3, 0.4) is 0 Å². The van der Waals surface area contributed by atoms with E-state index in [1.54, 1.807) is 0 Å². The molecule has 19 heavy (non-hydrogen) atoms. The van der Waals surface area contributed by atoms with Crippen molar-refractivity contribution < 1.29 is 0 Å². The first-order valence-electron chi connectivity index (χ1n) is 8.57. The first-order chi connectivity index (χ1) is 9.13. The Labute approximate surface area is 121 Å². The molecular weight excluding hydrogens is 232 g/mol. The Morgan fingerprint density at radius 1 is 1.11 bits per heavy atom. The monoisotopic (exact) mass is 268 g/mol. The topological polar surface area (TPSA) is 15.3 Å². The number of hydrogen-bond donors (Lipinski definition) is 1. The summed E-state index contributed by atoms with van der Waals surface area (Å²) in [4.78, 5) is 2.44. The number of nitrogens with one attached hydrogen (secondary N) is 1. The molecule has 2 atom stereocenters. The predicted octanol–water partition coefficient (Wildman–Crippen LogP) is 4.06. The fourth-order valence-corrected chi connectivity index (χ4v) is 3.04. The zero-order valence-corrected chi connectivity index (χ0v) is 13.8. The van der Waals surface area contributed by atoms with Gasteiger partial charge in [0.2, 0.25) is 0 Å². The van der Waals surface area contributed by atoms with Gasteiger partial charge in [0.1, 0.15) is 0 Å². The minimum atomic E-state index is 0.681. The van der Waals surface area contributed by atoms with Crippen LogP contribution >= 0.6 is 0 Å². The Morgan fingerprint density at radius 2 is 1.89 bits per heavy atom. The van der Waals surface area contributed by atoms with Crippen LogP contribution in [0.15, 0.2) is 0 Å². The average Bonchev–Trinajstić information content (AvgIpc) is 2.63. The van der Waals surface area contributed by atoms with Crippen LogP contribution in [0.2, 0.25) is 0 Å². The smallest absolute Gasteiger partial charge is 0.00671 e. The van der Waals surface area contributed by atoms with Gasteiger partial charge in [-0.25, -0.2) is 0 Å². The van der Waals surface area contributed by atoms with Crippen molar-refractivity contribution in [3.63, 3.8) is 0 Å². The van der Waals surface area contributed by atoms with Gasteiger partial charge in [-0.1, -0.05) is 26.2 Å². The molecule has 0 radical (unpaired) electrons. The third-order valence-corrected chi connectivity index (χ3v) is 4.92. The zero-order valence-electron chi connectivity index (χ0n) is 13.8. The molecular formula is C17H36N2. The second-order valence-electron chi connectivity index (χ2n) is 6.72. The molecule has 1 fully saturated rings. The maximum absolute atomic E-state index is 3.79.